The number of rotatable bonds is 8. The van der Waals surface area contributed by atoms with Gasteiger partial charge in [0.1, 0.15) is 5.75 Å². The number of nitrogens with one attached hydrogen (secondary N) is 1. The first-order valence-electron chi connectivity index (χ1n) is 11.5. The minimum absolute atomic E-state index is 0.0312. The first-order chi connectivity index (χ1) is 15.5. The summed E-state index contributed by atoms with van der Waals surface area (Å²) in [5, 5.41) is 3.02. The van der Waals surface area contributed by atoms with Gasteiger partial charge in [-0.15, -0.1) is 0 Å². The lowest BCUT2D eigenvalue weighted by Crippen LogP contribution is -2.39. The van der Waals surface area contributed by atoms with Gasteiger partial charge in [0.15, 0.2) is 0 Å². The van der Waals surface area contributed by atoms with Crippen LogP contribution in [0.3, 0.4) is 0 Å². The van der Waals surface area contributed by atoms with Gasteiger partial charge in [0, 0.05) is 39.3 Å². The molecule has 0 spiro atoms. The van der Waals surface area contributed by atoms with E-state index in [9.17, 15) is 9.59 Å². The van der Waals surface area contributed by atoms with Crippen LogP contribution in [0.2, 0.25) is 0 Å². The molecular weight excluding hydrogens is 402 g/mol. The summed E-state index contributed by atoms with van der Waals surface area (Å²) in [5.74, 6) is 0.847. The number of carbonyl (C=O) groups excluding carboxylic acids is 2. The first kappa shape index (κ1) is 23.6. The summed E-state index contributed by atoms with van der Waals surface area (Å²) in [6.07, 6.45) is 6.33. The van der Waals surface area contributed by atoms with Gasteiger partial charge in [-0.2, -0.15) is 0 Å². The van der Waals surface area contributed by atoms with Gasteiger partial charge in [0.25, 0.3) is 5.91 Å². The topological polar surface area (TPSA) is 61.9 Å². The van der Waals surface area contributed by atoms with E-state index in [2.05, 4.69) is 5.32 Å². The number of hydrogen-bond acceptors (Lipinski definition) is 3. The fraction of sp³-hybridized carbons (Fsp3) is 0.462. The van der Waals surface area contributed by atoms with E-state index in [0.29, 0.717) is 31.3 Å². The number of ether oxygens (including phenoxy) is 1. The number of amides is 3. The van der Waals surface area contributed by atoms with Crippen molar-refractivity contribution in [1.82, 2.24) is 15.1 Å². The van der Waals surface area contributed by atoms with E-state index in [1.807, 2.05) is 43.3 Å². The van der Waals surface area contributed by atoms with Crippen LogP contribution in [-0.4, -0.2) is 48.5 Å². The number of carbonyl (C=O) groups is 2. The van der Waals surface area contributed by atoms with Crippen molar-refractivity contribution in [1.29, 1.82) is 0 Å². The highest BCUT2D eigenvalue weighted by atomic mass is 16.5. The average molecular weight is 438 g/mol. The fourth-order valence-electron chi connectivity index (χ4n) is 3.95. The molecule has 2 aromatic carbocycles. The molecule has 0 unspecified atom stereocenters. The second kappa shape index (κ2) is 11.6. The molecule has 0 radical (unpaired) electrons. The van der Waals surface area contributed by atoms with Crippen LogP contribution in [0.4, 0.5) is 4.79 Å². The molecule has 0 atom stereocenters. The molecule has 2 aromatic rings. The second-order valence-electron chi connectivity index (χ2n) is 8.59. The lowest BCUT2D eigenvalue weighted by atomic mass is 9.98. The summed E-state index contributed by atoms with van der Waals surface area (Å²) >= 11 is 0. The quantitative estimate of drug-likeness (QED) is 0.643. The maximum Gasteiger partial charge on any atom is 0.317 e. The molecule has 1 saturated carbocycles. The Labute approximate surface area is 191 Å². The van der Waals surface area contributed by atoms with Crippen LogP contribution in [0.5, 0.6) is 5.75 Å². The van der Waals surface area contributed by atoms with Crippen LogP contribution in [0.1, 0.15) is 60.5 Å². The lowest BCUT2D eigenvalue weighted by Gasteiger charge is -2.23. The van der Waals surface area contributed by atoms with Gasteiger partial charge in [-0.05, 0) is 68.0 Å². The van der Waals surface area contributed by atoms with E-state index in [-0.39, 0.29) is 11.9 Å². The largest absolute Gasteiger partial charge is 0.490 e. The van der Waals surface area contributed by atoms with Crippen LogP contribution in [0, 0.1) is 0 Å². The third kappa shape index (κ3) is 6.74. The summed E-state index contributed by atoms with van der Waals surface area (Å²) in [6.45, 7) is 3.49. The van der Waals surface area contributed by atoms with Crippen molar-refractivity contribution in [2.45, 2.75) is 58.2 Å². The molecule has 1 fully saturated rings. The minimum atomic E-state index is -0.112. The number of benzene rings is 2. The van der Waals surface area contributed by atoms with Gasteiger partial charge < -0.3 is 19.9 Å². The highest BCUT2D eigenvalue weighted by molar-refractivity contribution is 5.93. The summed E-state index contributed by atoms with van der Waals surface area (Å²) < 4.78 is 6.14. The molecular formula is C26H35N3O3. The third-order valence-electron chi connectivity index (χ3n) is 5.85. The van der Waals surface area contributed by atoms with E-state index in [1.54, 1.807) is 36.0 Å². The summed E-state index contributed by atoms with van der Waals surface area (Å²) in [7, 11) is 3.47. The molecule has 1 aliphatic carbocycles. The van der Waals surface area contributed by atoms with E-state index in [1.165, 1.54) is 19.3 Å². The SMILES string of the molecule is CCN(Cc1ccc(C(=O)N(C)C)cc1)C(=O)NCc1cccc(OC2CCCCC2)c1. The van der Waals surface area contributed by atoms with Gasteiger partial charge in [-0.1, -0.05) is 30.7 Å². The molecule has 0 saturated heterocycles. The first-order valence-corrected chi connectivity index (χ1v) is 11.5. The molecule has 172 valence electrons. The Kier molecular flexibility index (Phi) is 8.54. The van der Waals surface area contributed by atoms with Crippen LogP contribution >= 0.6 is 0 Å². The molecule has 0 aromatic heterocycles. The molecule has 0 bridgehead atoms. The average Bonchev–Trinajstić information content (AvgIpc) is 2.81. The van der Waals surface area contributed by atoms with Crippen molar-refractivity contribution < 1.29 is 14.3 Å². The van der Waals surface area contributed by atoms with E-state index < -0.39 is 0 Å². The van der Waals surface area contributed by atoms with Crippen LogP contribution in [-0.2, 0) is 13.1 Å². The third-order valence-corrected chi connectivity index (χ3v) is 5.85. The van der Waals surface area contributed by atoms with Gasteiger partial charge in [0.2, 0.25) is 0 Å². The predicted molar refractivity (Wildman–Crippen MR) is 127 cm³/mol. The van der Waals surface area contributed by atoms with Crippen molar-refractivity contribution in [3.63, 3.8) is 0 Å². The maximum absolute atomic E-state index is 12.7. The smallest absolute Gasteiger partial charge is 0.317 e. The monoisotopic (exact) mass is 437 g/mol. The molecule has 32 heavy (non-hydrogen) atoms. The van der Waals surface area contributed by atoms with E-state index >= 15 is 0 Å². The van der Waals surface area contributed by atoms with Crippen molar-refractivity contribution >= 4 is 11.9 Å². The second-order valence-corrected chi connectivity index (χ2v) is 8.59. The van der Waals surface area contributed by atoms with Crippen molar-refractivity contribution in [2.24, 2.45) is 0 Å². The normalized spacial score (nSPS) is 14.0. The lowest BCUT2D eigenvalue weighted by molar-refractivity contribution is 0.0827. The number of hydrogen-bond donors (Lipinski definition) is 1. The summed E-state index contributed by atoms with van der Waals surface area (Å²) in [5.41, 5.74) is 2.65. The fourth-order valence-corrected chi connectivity index (χ4v) is 3.95. The molecule has 0 aliphatic heterocycles. The molecule has 6 nitrogen and oxygen atoms in total. The Bertz CT molecular complexity index is 889. The Morgan fingerprint density at radius 3 is 2.38 bits per heavy atom. The van der Waals surface area contributed by atoms with E-state index in [4.69, 9.17) is 4.74 Å². The summed E-state index contributed by atoms with van der Waals surface area (Å²) in [4.78, 5) is 28.1. The van der Waals surface area contributed by atoms with Crippen LogP contribution in [0.15, 0.2) is 48.5 Å². The Morgan fingerprint density at radius 1 is 1.00 bits per heavy atom. The van der Waals surface area contributed by atoms with Crippen LogP contribution in [0.25, 0.3) is 0 Å². The zero-order valence-corrected chi connectivity index (χ0v) is 19.5. The maximum atomic E-state index is 12.7. The van der Waals surface area contributed by atoms with Crippen LogP contribution < -0.4 is 10.1 Å². The zero-order valence-electron chi connectivity index (χ0n) is 19.5. The summed E-state index contributed by atoms with van der Waals surface area (Å²) in [6, 6.07) is 15.3. The molecule has 6 heteroatoms. The van der Waals surface area contributed by atoms with E-state index in [0.717, 1.165) is 29.7 Å². The van der Waals surface area contributed by atoms with Gasteiger partial charge in [-0.25, -0.2) is 4.79 Å². The highest BCUT2D eigenvalue weighted by Gasteiger charge is 2.16. The number of nitrogens with zero attached hydrogens (tertiary/aromatic N) is 2. The van der Waals surface area contributed by atoms with Gasteiger partial charge in [-0.3, -0.25) is 4.79 Å². The standard InChI is InChI=1S/C26H35N3O3/c1-4-29(19-20-13-15-22(16-14-20)25(30)28(2)3)26(31)27-18-21-9-8-12-24(17-21)32-23-10-6-5-7-11-23/h8-9,12-17,23H,4-7,10-11,18-19H2,1-3H3,(H,27,31). The number of urea groups is 1. The minimum Gasteiger partial charge on any atom is -0.490 e. The molecule has 3 rings (SSSR count). The van der Waals surface area contributed by atoms with Crippen molar-refractivity contribution in [3.8, 4) is 5.75 Å². The predicted octanol–water partition coefficient (Wildman–Crippen LogP) is 4.83. The molecule has 1 N–H and O–H groups in total. The Morgan fingerprint density at radius 2 is 1.72 bits per heavy atom. The van der Waals surface area contributed by atoms with Gasteiger partial charge >= 0.3 is 6.03 Å². The van der Waals surface area contributed by atoms with Crippen molar-refractivity contribution in [3.05, 3.63) is 65.2 Å². The Hall–Kier alpha value is -3.02. The molecule has 1 aliphatic rings. The van der Waals surface area contributed by atoms with Gasteiger partial charge in [0.05, 0.1) is 6.10 Å². The highest BCUT2D eigenvalue weighted by Crippen LogP contribution is 2.24. The molecule has 3 amide bonds. The Balaban J connectivity index is 1.52. The molecule has 0 heterocycles. The van der Waals surface area contributed by atoms with Crippen molar-refractivity contribution in [2.75, 3.05) is 20.6 Å². The zero-order chi connectivity index (χ0) is 22.9.